The number of carbonyl (C=O) groups is 3. The lowest BCUT2D eigenvalue weighted by Crippen LogP contribution is -2.67. The highest BCUT2D eigenvalue weighted by atomic mass is 19.4. The number of carbonyl (C=O) groups excluding carboxylic acids is 3. The van der Waals surface area contributed by atoms with Gasteiger partial charge in [-0.25, -0.2) is 4.79 Å². The van der Waals surface area contributed by atoms with Gasteiger partial charge in [0.25, 0.3) is 5.91 Å². The molecule has 0 bridgehead atoms. The van der Waals surface area contributed by atoms with E-state index in [2.05, 4.69) is 9.80 Å². The first-order valence-corrected chi connectivity index (χ1v) is 18.3. The van der Waals surface area contributed by atoms with Gasteiger partial charge in [0.05, 0.1) is 11.1 Å². The third-order valence-electron chi connectivity index (χ3n) is 10.8. The fourth-order valence-electron chi connectivity index (χ4n) is 8.06. The number of rotatable bonds is 6. The van der Waals surface area contributed by atoms with Crippen LogP contribution < -0.4 is 0 Å². The summed E-state index contributed by atoms with van der Waals surface area (Å²) in [6.07, 6.45) is -7.75. The smallest absolute Gasteiger partial charge is 0.416 e. The molecule has 0 aliphatic carbocycles. The second-order valence-corrected chi connectivity index (χ2v) is 15.6. The summed E-state index contributed by atoms with van der Waals surface area (Å²) in [4.78, 5) is 49.4. The summed E-state index contributed by atoms with van der Waals surface area (Å²) in [6.45, 7) is 10.3. The molecule has 0 spiro atoms. The molecule has 0 radical (unpaired) electrons. The number of likely N-dealkylation sites (tertiary alicyclic amines) is 3. The molecule has 15 heteroatoms. The Balaban J connectivity index is 1.07. The second kappa shape index (κ2) is 15.1. The molecule has 0 N–H and O–H groups in total. The van der Waals surface area contributed by atoms with Gasteiger partial charge >= 0.3 is 18.4 Å². The molecule has 2 aromatic carbocycles. The van der Waals surface area contributed by atoms with Crippen LogP contribution in [0.2, 0.25) is 0 Å². The molecule has 3 amide bonds. The maximum absolute atomic E-state index is 13.8. The van der Waals surface area contributed by atoms with Gasteiger partial charge in [-0.2, -0.15) is 26.3 Å². The van der Waals surface area contributed by atoms with Crippen molar-refractivity contribution in [2.45, 2.75) is 95.0 Å². The summed E-state index contributed by atoms with van der Waals surface area (Å²) >= 11 is 0. The van der Waals surface area contributed by atoms with Crippen LogP contribution in [0, 0.1) is 0 Å². The molecule has 2 aromatic rings. The number of ether oxygens (including phenoxy) is 1. The Kier molecular flexibility index (Phi) is 11.1. The van der Waals surface area contributed by atoms with Crippen LogP contribution in [0.4, 0.5) is 31.1 Å². The lowest BCUT2D eigenvalue weighted by Gasteiger charge is -2.51. The van der Waals surface area contributed by atoms with Crippen molar-refractivity contribution in [3.05, 3.63) is 70.8 Å². The molecular formula is C38H47F6N5O4. The zero-order chi connectivity index (χ0) is 38.3. The van der Waals surface area contributed by atoms with Crippen LogP contribution in [0.3, 0.4) is 0 Å². The predicted molar refractivity (Wildman–Crippen MR) is 184 cm³/mol. The third-order valence-corrected chi connectivity index (χ3v) is 10.8. The van der Waals surface area contributed by atoms with E-state index in [1.807, 2.05) is 35.2 Å². The van der Waals surface area contributed by atoms with Crippen LogP contribution in [0.5, 0.6) is 0 Å². The predicted octanol–water partition coefficient (Wildman–Crippen LogP) is 6.17. The van der Waals surface area contributed by atoms with Crippen LogP contribution in [-0.4, -0.2) is 125 Å². The molecule has 6 rings (SSSR count). The Bertz CT molecular complexity index is 1600. The Labute approximate surface area is 305 Å². The molecule has 3 atom stereocenters. The topological polar surface area (TPSA) is 76.6 Å². The zero-order valence-electron chi connectivity index (χ0n) is 30.3. The lowest BCUT2D eigenvalue weighted by molar-refractivity contribution is -0.144. The summed E-state index contributed by atoms with van der Waals surface area (Å²) in [5, 5.41) is 0. The monoisotopic (exact) mass is 751 g/mol. The number of nitrogens with zero attached hydrogens (tertiary/aromatic N) is 5. The van der Waals surface area contributed by atoms with Crippen molar-refractivity contribution < 1.29 is 45.5 Å². The third kappa shape index (κ3) is 9.10. The SMILES string of the molecule is CC(C)(C)OC(=O)N1CCC[C@@H]1C(=O)N1CC(N2CCN([C@H]3CCN(C(=O)c4cc(C(F)(F)F)cc(C(F)(F)F)c4)[C@H](Cc4ccccc4)C3)CC2)C1. The van der Waals surface area contributed by atoms with Gasteiger partial charge in [0.1, 0.15) is 11.6 Å². The van der Waals surface area contributed by atoms with Gasteiger partial charge in [0.15, 0.2) is 0 Å². The van der Waals surface area contributed by atoms with Crippen LogP contribution in [-0.2, 0) is 28.3 Å². The first-order valence-electron chi connectivity index (χ1n) is 18.3. The number of piperidine rings is 1. The molecule has 0 unspecified atom stereocenters. The summed E-state index contributed by atoms with van der Waals surface area (Å²) in [5.74, 6) is -0.893. The second-order valence-electron chi connectivity index (χ2n) is 15.6. The average Bonchev–Trinajstić information content (AvgIpc) is 3.57. The van der Waals surface area contributed by atoms with Crippen molar-refractivity contribution in [3.63, 3.8) is 0 Å². The maximum atomic E-state index is 13.8. The van der Waals surface area contributed by atoms with Crippen LogP contribution in [0.25, 0.3) is 0 Å². The Hall–Kier alpha value is -3.85. The highest BCUT2D eigenvalue weighted by Gasteiger charge is 2.45. The molecule has 9 nitrogen and oxygen atoms in total. The van der Waals surface area contributed by atoms with Crippen LogP contribution >= 0.6 is 0 Å². The van der Waals surface area contributed by atoms with Crippen molar-refractivity contribution in [2.75, 3.05) is 52.4 Å². The van der Waals surface area contributed by atoms with Crippen molar-refractivity contribution in [2.24, 2.45) is 0 Å². The molecule has 4 heterocycles. The van der Waals surface area contributed by atoms with E-state index in [-0.39, 0.29) is 30.6 Å². The average molecular weight is 752 g/mol. The highest BCUT2D eigenvalue weighted by molar-refractivity contribution is 5.95. The number of halogens is 6. The minimum absolute atomic E-state index is 0.0406. The number of amides is 3. The van der Waals surface area contributed by atoms with Gasteiger partial charge in [-0.15, -0.1) is 0 Å². The van der Waals surface area contributed by atoms with Crippen molar-refractivity contribution in [1.29, 1.82) is 0 Å². The van der Waals surface area contributed by atoms with E-state index in [0.29, 0.717) is 57.5 Å². The summed E-state index contributed by atoms with van der Waals surface area (Å²) in [6, 6.07) is 9.74. The van der Waals surface area contributed by atoms with Gasteiger partial charge < -0.3 is 14.5 Å². The number of alkyl halides is 6. The number of hydrogen-bond donors (Lipinski definition) is 0. The van der Waals surface area contributed by atoms with E-state index in [1.54, 1.807) is 25.7 Å². The van der Waals surface area contributed by atoms with Crippen LogP contribution in [0.15, 0.2) is 48.5 Å². The van der Waals surface area contributed by atoms with Gasteiger partial charge in [-0.3, -0.25) is 24.3 Å². The van der Waals surface area contributed by atoms with E-state index in [9.17, 15) is 40.7 Å². The van der Waals surface area contributed by atoms with Crippen molar-refractivity contribution in [3.8, 4) is 0 Å². The highest BCUT2D eigenvalue weighted by Crippen LogP contribution is 2.37. The van der Waals surface area contributed by atoms with Gasteiger partial charge in [0.2, 0.25) is 5.91 Å². The molecule has 4 aliphatic heterocycles. The normalized spacial score (nSPS) is 23.9. The fourth-order valence-corrected chi connectivity index (χ4v) is 8.06. The lowest BCUT2D eigenvalue weighted by atomic mass is 9.90. The van der Waals surface area contributed by atoms with E-state index in [0.717, 1.165) is 38.2 Å². The van der Waals surface area contributed by atoms with Crippen LogP contribution in [0.1, 0.15) is 73.5 Å². The number of hydrogen-bond acceptors (Lipinski definition) is 6. The molecular weight excluding hydrogens is 704 g/mol. The first-order chi connectivity index (χ1) is 24.9. The maximum Gasteiger partial charge on any atom is 0.416 e. The van der Waals surface area contributed by atoms with E-state index < -0.39 is 58.7 Å². The summed E-state index contributed by atoms with van der Waals surface area (Å²) in [7, 11) is 0. The molecule has 0 saturated carbocycles. The van der Waals surface area contributed by atoms with E-state index in [4.69, 9.17) is 4.74 Å². The summed E-state index contributed by atoms with van der Waals surface area (Å²) in [5.41, 5.74) is -3.38. The standard InChI is InChI=1S/C38H47F6N5O4/c1-36(2,3)53-35(52)49-12-7-10-32(49)34(51)47-23-31(24-47)46-16-14-45(15-17-46)29-11-13-48(30(22-29)18-25-8-5-4-6-9-25)33(50)26-19-27(37(39,40)41)21-28(20-26)38(42,43)44/h4-6,8-9,19-21,29-32H,7,10-18,22-24H2,1-3H3/t29-,30+,32+/m0/s1. The molecule has 53 heavy (non-hydrogen) atoms. The molecule has 0 aromatic heterocycles. The van der Waals surface area contributed by atoms with Crippen molar-refractivity contribution >= 4 is 17.9 Å². The minimum Gasteiger partial charge on any atom is -0.444 e. The fraction of sp³-hybridized carbons (Fsp3) is 0.605. The number of benzene rings is 2. The van der Waals surface area contributed by atoms with Gasteiger partial charge in [0, 0.05) is 76.0 Å². The Morgan fingerprint density at radius 1 is 0.736 bits per heavy atom. The molecule has 4 aliphatic rings. The first kappa shape index (κ1) is 38.9. The Morgan fingerprint density at radius 2 is 1.32 bits per heavy atom. The number of piperazine rings is 1. The Morgan fingerprint density at radius 3 is 1.89 bits per heavy atom. The van der Waals surface area contributed by atoms with E-state index in [1.165, 1.54) is 4.90 Å². The largest absolute Gasteiger partial charge is 0.444 e. The van der Waals surface area contributed by atoms with Gasteiger partial charge in [-0.1, -0.05) is 30.3 Å². The quantitative estimate of drug-likeness (QED) is 0.329. The zero-order valence-corrected chi connectivity index (χ0v) is 30.3. The van der Waals surface area contributed by atoms with E-state index >= 15 is 0 Å². The molecule has 4 fully saturated rings. The molecule has 4 saturated heterocycles. The van der Waals surface area contributed by atoms with Gasteiger partial charge in [-0.05, 0) is 76.6 Å². The minimum atomic E-state index is -5.05. The molecule has 290 valence electrons. The summed E-state index contributed by atoms with van der Waals surface area (Å²) < 4.78 is 87.3. The van der Waals surface area contributed by atoms with Crippen molar-refractivity contribution in [1.82, 2.24) is 24.5 Å².